The van der Waals surface area contributed by atoms with Crippen molar-refractivity contribution in [3.63, 3.8) is 0 Å². The minimum absolute atomic E-state index is 0.398. The number of benzene rings is 1. The van der Waals surface area contributed by atoms with Crippen LogP contribution >= 0.6 is 23.4 Å². The van der Waals surface area contributed by atoms with Crippen molar-refractivity contribution < 1.29 is 0 Å². The van der Waals surface area contributed by atoms with Crippen LogP contribution < -0.4 is 5.73 Å². The Morgan fingerprint density at radius 2 is 2.07 bits per heavy atom. The van der Waals surface area contributed by atoms with Gasteiger partial charge in [-0.15, -0.1) is 11.8 Å². The van der Waals surface area contributed by atoms with Gasteiger partial charge in [-0.25, -0.2) is 0 Å². The van der Waals surface area contributed by atoms with E-state index in [1.165, 1.54) is 11.3 Å². The van der Waals surface area contributed by atoms with Crippen LogP contribution in [-0.4, -0.2) is 11.3 Å². The second-order valence-electron chi connectivity index (χ2n) is 3.74. The van der Waals surface area contributed by atoms with Crippen molar-refractivity contribution in [2.45, 2.75) is 35.4 Å². The van der Waals surface area contributed by atoms with E-state index >= 15 is 0 Å². The first-order valence-corrected chi connectivity index (χ1v) is 6.18. The van der Waals surface area contributed by atoms with Gasteiger partial charge >= 0.3 is 0 Å². The molecule has 0 heterocycles. The van der Waals surface area contributed by atoms with Gasteiger partial charge in [-0.1, -0.05) is 23.7 Å². The van der Waals surface area contributed by atoms with Gasteiger partial charge in [0.1, 0.15) is 0 Å². The van der Waals surface area contributed by atoms with Gasteiger partial charge in [-0.05, 0) is 31.4 Å². The molecule has 2 unspecified atom stereocenters. The third-order valence-electron chi connectivity index (χ3n) is 2.56. The van der Waals surface area contributed by atoms with Gasteiger partial charge in [-0.3, -0.25) is 0 Å². The van der Waals surface area contributed by atoms with Crippen LogP contribution in [0.2, 0.25) is 5.02 Å². The fourth-order valence-corrected chi connectivity index (χ4v) is 3.36. The van der Waals surface area contributed by atoms with E-state index in [2.05, 4.69) is 6.07 Å². The van der Waals surface area contributed by atoms with E-state index in [0.29, 0.717) is 11.3 Å². The van der Waals surface area contributed by atoms with Crippen molar-refractivity contribution in [2.24, 2.45) is 5.73 Å². The summed E-state index contributed by atoms with van der Waals surface area (Å²) in [5.74, 6) is 0. The predicted octanol–water partition coefficient (Wildman–Crippen LogP) is 3.31. The van der Waals surface area contributed by atoms with Gasteiger partial charge in [0.25, 0.3) is 0 Å². The van der Waals surface area contributed by atoms with E-state index in [-0.39, 0.29) is 0 Å². The minimum Gasteiger partial charge on any atom is -0.328 e. The number of hydrogen-bond acceptors (Lipinski definition) is 2. The van der Waals surface area contributed by atoms with E-state index in [1.807, 2.05) is 30.0 Å². The zero-order chi connectivity index (χ0) is 9.97. The lowest BCUT2D eigenvalue weighted by atomic mass is 10.3. The summed E-state index contributed by atoms with van der Waals surface area (Å²) in [7, 11) is 0. The normalized spacial score (nSPS) is 26.7. The molecule has 0 spiro atoms. The van der Waals surface area contributed by atoms with Crippen molar-refractivity contribution in [1.82, 2.24) is 0 Å². The molecule has 2 rings (SSSR count). The van der Waals surface area contributed by atoms with Crippen LogP contribution in [0, 0.1) is 0 Å². The molecule has 76 valence electrons. The van der Waals surface area contributed by atoms with Gasteiger partial charge in [0.15, 0.2) is 0 Å². The highest BCUT2D eigenvalue weighted by Crippen LogP contribution is 2.37. The highest BCUT2D eigenvalue weighted by atomic mass is 35.5. The topological polar surface area (TPSA) is 26.0 Å². The van der Waals surface area contributed by atoms with E-state index in [0.717, 1.165) is 17.9 Å². The van der Waals surface area contributed by atoms with Crippen molar-refractivity contribution in [2.75, 3.05) is 0 Å². The molecule has 0 bridgehead atoms. The molecule has 1 aromatic rings. The van der Waals surface area contributed by atoms with Crippen LogP contribution in [0.15, 0.2) is 29.2 Å². The summed E-state index contributed by atoms with van der Waals surface area (Å²) in [6.45, 7) is 0. The van der Waals surface area contributed by atoms with Crippen molar-refractivity contribution in [3.8, 4) is 0 Å². The molecule has 2 N–H and O–H groups in total. The van der Waals surface area contributed by atoms with Gasteiger partial charge in [0.2, 0.25) is 0 Å². The number of nitrogens with two attached hydrogens (primary N) is 1. The average Bonchev–Trinajstić information content (AvgIpc) is 2.56. The van der Waals surface area contributed by atoms with Crippen LogP contribution in [0.1, 0.15) is 19.3 Å². The second-order valence-corrected chi connectivity index (χ2v) is 5.49. The number of thioether (sulfide) groups is 1. The van der Waals surface area contributed by atoms with Gasteiger partial charge in [0, 0.05) is 16.2 Å². The lowest BCUT2D eigenvalue weighted by molar-refractivity contribution is 0.706. The summed E-state index contributed by atoms with van der Waals surface area (Å²) < 4.78 is 0. The number of hydrogen-bond donors (Lipinski definition) is 1. The molecular formula is C11H14ClNS. The maximum Gasteiger partial charge on any atom is 0.0541 e. The Morgan fingerprint density at radius 1 is 1.29 bits per heavy atom. The monoisotopic (exact) mass is 227 g/mol. The van der Waals surface area contributed by atoms with Gasteiger partial charge < -0.3 is 5.73 Å². The third kappa shape index (κ3) is 2.44. The molecule has 0 aromatic heterocycles. The van der Waals surface area contributed by atoms with Crippen molar-refractivity contribution in [3.05, 3.63) is 29.3 Å². The molecule has 1 aliphatic carbocycles. The fraction of sp³-hybridized carbons (Fsp3) is 0.455. The predicted molar refractivity (Wildman–Crippen MR) is 62.9 cm³/mol. The Kier molecular flexibility index (Phi) is 3.37. The Morgan fingerprint density at radius 3 is 2.71 bits per heavy atom. The first kappa shape index (κ1) is 10.3. The molecule has 1 nitrogen and oxygen atoms in total. The molecule has 0 aliphatic heterocycles. The first-order valence-electron chi connectivity index (χ1n) is 4.92. The first-order chi connectivity index (χ1) is 6.75. The minimum atomic E-state index is 0.398. The van der Waals surface area contributed by atoms with E-state index < -0.39 is 0 Å². The van der Waals surface area contributed by atoms with Crippen molar-refractivity contribution >= 4 is 23.4 Å². The molecule has 0 saturated heterocycles. The van der Waals surface area contributed by atoms with Crippen LogP contribution in [0.3, 0.4) is 0 Å². The third-order valence-corrected chi connectivity index (χ3v) is 4.37. The zero-order valence-electron chi connectivity index (χ0n) is 7.95. The van der Waals surface area contributed by atoms with E-state index in [1.54, 1.807) is 0 Å². The SMILES string of the molecule is NC1CCC(Sc2ccccc2Cl)C1. The summed E-state index contributed by atoms with van der Waals surface area (Å²) in [5, 5.41) is 1.52. The largest absolute Gasteiger partial charge is 0.328 e. The standard InChI is InChI=1S/C11H14ClNS/c12-10-3-1-2-4-11(10)14-9-6-5-8(13)7-9/h1-4,8-9H,5-7,13H2. The maximum absolute atomic E-state index is 6.09. The fourth-order valence-electron chi connectivity index (χ4n) is 1.80. The van der Waals surface area contributed by atoms with Crippen LogP contribution in [0.4, 0.5) is 0 Å². The summed E-state index contributed by atoms with van der Waals surface area (Å²) in [5.41, 5.74) is 5.87. The Hall–Kier alpha value is -0.180. The van der Waals surface area contributed by atoms with Crippen molar-refractivity contribution in [1.29, 1.82) is 0 Å². The molecule has 2 atom stereocenters. The number of halogens is 1. The van der Waals surface area contributed by atoms with E-state index in [9.17, 15) is 0 Å². The molecule has 1 aromatic carbocycles. The van der Waals surface area contributed by atoms with Crippen LogP contribution in [0.25, 0.3) is 0 Å². The van der Waals surface area contributed by atoms with Crippen LogP contribution in [-0.2, 0) is 0 Å². The molecule has 1 aliphatic rings. The molecule has 1 saturated carbocycles. The lowest BCUT2D eigenvalue weighted by Gasteiger charge is -2.10. The number of rotatable bonds is 2. The molecule has 14 heavy (non-hydrogen) atoms. The van der Waals surface area contributed by atoms with Gasteiger partial charge in [0.05, 0.1) is 5.02 Å². The summed E-state index contributed by atoms with van der Waals surface area (Å²) in [6.07, 6.45) is 3.50. The maximum atomic E-state index is 6.09. The highest BCUT2D eigenvalue weighted by molar-refractivity contribution is 8.00. The molecule has 0 radical (unpaired) electrons. The molecule has 1 fully saturated rings. The smallest absolute Gasteiger partial charge is 0.0541 e. The highest BCUT2D eigenvalue weighted by Gasteiger charge is 2.22. The molecular weight excluding hydrogens is 214 g/mol. The Bertz CT molecular complexity index is 316. The quantitative estimate of drug-likeness (QED) is 0.839. The van der Waals surface area contributed by atoms with E-state index in [4.69, 9.17) is 17.3 Å². The average molecular weight is 228 g/mol. The van der Waals surface area contributed by atoms with Gasteiger partial charge in [-0.2, -0.15) is 0 Å². The summed E-state index contributed by atoms with van der Waals surface area (Å²) in [6, 6.07) is 8.42. The summed E-state index contributed by atoms with van der Waals surface area (Å²) in [4.78, 5) is 1.19. The zero-order valence-corrected chi connectivity index (χ0v) is 9.52. The Labute approximate surface area is 94.0 Å². The molecule has 3 heteroatoms. The second kappa shape index (κ2) is 4.56. The lowest BCUT2D eigenvalue weighted by Crippen LogP contribution is -2.15. The summed E-state index contributed by atoms with van der Waals surface area (Å²) >= 11 is 7.96. The Balaban J connectivity index is 2.01. The molecule has 0 amide bonds. The van der Waals surface area contributed by atoms with Crippen LogP contribution in [0.5, 0.6) is 0 Å².